The summed E-state index contributed by atoms with van der Waals surface area (Å²) in [4.78, 5) is 15.9. The van der Waals surface area contributed by atoms with Gasteiger partial charge in [-0.1, -0.05) is 12.6 Å². The molecule has 1 amide bonds. The van der Waals surface area contributed by atoms with E-state index in [0.29, 0.717) is 5.56 Å². The van der Waals surface area contributed by atoms with Gasteiger partial charge in [0.15, 0.2) is 0 Å². The predicted molar refractivity (Wildman–Crippen MR) is 112 cm³/mol. The maximum Gasteiger partial charge on any atom is 0.245 e. The van der Waals surface area contributed by atoms with E-state index in [-0.39, 0.29) is 17.1 Å². The number of hydrogen-bond donors (Lipinski definition) is 1. The Morgan fingerprint density at radius 1 is 1.28 bits per heavy atom. The number of anilines is 1. The van der Waals surface area contributed by atoms with Gasteiger partial charge in [-0.05, 0) is 54.8 Å². The highest BCUT2D eigenvalue weighted by Crippen LogP contribution is 2.42. The van der Waals surface area contributed by atoms with E-state index < -0.39 is 0 Å². The van der Waals surface area contributed by atoms with Crippen molar-refractivity contribution >= 4 is 22.5 Å². The molecule has 2 aliphatic heterocycles. The number of carbonyl (C=O) groups excluding carboxylic acids is 1. The van der Waals surface area contributed by atoms with E-state index in [9.17, 15) is 9.18 Å². The van der Waals surface area contributed by atoms with Gasteiger partial charge in [-0.2, -0.15) is 5.10 Å². The Bertz CT molecular complexity index is 1130. The van der Waals surface area contributed by atoms with Gasteiger partial charge < -0.3 is 9.80 Å². The summed E-state index contributed by atoms with van der Waals surface area (Å²) < 4.78 is 14.9. The third-order valence-electron chi connectivity index (χ3n) is 6.39. The molecular formula is C23H23FN4O. The zero-order valence-electron chi connectivity index (χ0n) is 16.4. The topological polar surface area (TPSA) is 52.2 Å². The highest BCUT2D eigenvalue weighted by molar-refractivity contribution is 5.96. The van der Waals surface area contributed by atoms with Crippen LogP contribution in [0, 0.1) is 18.2 Å². The minimum atomic E-state index is -0.231. The van der Waals surface area contributed by atoms with E-state index in [2.05, 4.69) is 21.7 Å². The number of nitrogens with zero attached hydrogens (tertiary/aromatic N) is 3. The number of rotatable bonds is 3. The molecule has 2 saturated heterocycles. The number of H-pyrrole nitrogens is 1. The minimum absolute atomic E-state index is 0.00169. The molecule has 2 fully saturated rings. The Morgan fingerprint density at radius 3 is 2.90 bits per heavy atom. The second-order valence-electron chi connectivity index (χ2n) is 8.32. The zero-order valence-corrected chi connectivity index (χ0v) is 16.4. The fourth-order valence-corrected chi connectivity index (χ4v) is 4.85. The molecule has 5 rings (SSSR count). The average molecular weight is 390 g/mol. The molecule has 148 valence electrons. The van der Waals surface area contributed by atoms with Crippen LogP contribution in [0.1, 0.15) is 12.0 Å². The number of aromatic nitrogens is 2. The van der Waals surface area contributed by atoms with Gasteiger partial charge >= 0.3 is 0 Å². The third kappa shape index (κ3) is 2.82. The number of fused-ring (bicyclic) bond motifs is 1. The van der Waals surface area contributed by atoms with Crippen LogP contribution in [-0.2, 0) is 4.79 Å². The van der Waals surface area contributed by atoms with Crippen LogP contribution in [0.2, 0.25) is 0 Å². The smallest absolute Gasteiger partial charge is 0.245 e. The van der Waals surface area contributed by atoms with Crippen molar-refractivity contribution in [1.82, 2.24) is 15.1 Å². The van der Waals surface area contributed by atoms with Gasteiger partial charge in [-0.3, -0.25) is 9.89 Å². The first-order valence-electron chi connectivity index (χ1n) is 9.89. The molecule has 0 unspecified atom stereocenters. The van der Waals surface area contributed by atoms with Gasteiger partial charge in [-0.25, -0.2) is 4.39 Å². The molecule has 1 N–H and O–H groups in total. The van der Waals surface area contributed by atoms with Crippen molar-refractivity contribution in [2.75, 3.05) is 31.1 Å². The summed E-state index contributed by atoms with van der Waals surface area (Å²) in [6, 6.07) is 9.33. The summed E-state index contributed by atoms with van der Waals surface area (Å²) in [5, 5.41) is 8.02. The van der Waals surface area contributed by atoms with Crippen molar-refractivity contribution in [2.24, 2.45) is 5.41 Å². The Kier molecular flexibility index (Phi) is 3.98. The van der Waals surface area contributed by atoms with Gasteiger partial charge in [0.1, 0.15) is 5.82 Å². The summed E-state index contributed by atoms with van der Waals surface area (Å²) in [6.45, 7) is 8.91. The Balaban J connectivity index is 1.45. The van der Waals surface area contributed by atoms with E-state index in [4.69, 9.17) is 0 Å². The van der Waals surface area contributed by atoms with Crippen LogP contribution < -0.4 is 4.90 Å². The molecule has 1 aromatic heterocycles. The number of amides is 1. The quantitative estimate of drug-likeness (QED) is 0.690. The second kappa shape index (κ2) is 6.44. The van der Waals surface area contributed by atoms with Crippen molar-refractivity contribution in [2.45, 2.75) is 13.3 Å². The van der Waals surface area contributed by atoms with Crippen molar-refractivity contribution in [1.29, 1.82) is 0 Å². The molecule has 3 heterocycles. The molecule has 2 aromatic carbocycles. The highest BCUT2D eigenvalue weighted by atomic mass is 19.1. The Hall–Kier alpha value is -3.15. The second-order valence-corrected chi connectivity index (χ2v) is 8.32. The maximum atomic E-state index is 14.9. The number of aromatic amines is 1. The molecule has 2 aliphatic rings. The van der Waals surface area contributed by atoms with Crippen molar-refractivity contribution in [3.63, 3.8) is 0 Å². The number of aryl methyl sites for hydroxylation is 1. The number of benzene rings is 2. The van der Waals surface area contributed by atoms with Crippen LogP contribution in [0.5, 0.6) is 0 Å². The molecule has 29 heavy (non-hydrogen) atoms. The normalized spacial score (nSPS) is 17.7. The fraction of sp³-hybridized carbons (Fsp3) is 0.304. The summed E-state index contributed by atoms with van der Waals surface area (Å²) in [5.41, 5.74) is 4.57. The summed E-state index contributed by atoms with van der Waals surface area (Å²) in [5.74, 6) is -0.229. The zero-order chi connectivity index (χ0) is 20.2. The lowest BCUT2D eigenvalue weighted by atomic mass is 9.79. The van der Waals surface area contributed by atoms with E-state index >= 15 is 0 Å². The SMILES string of the molecule is C=CC(=O)N1CC2(CCN(c3ccc(F)c(-c4c(C)ccc5[nH]ncc45)c3)C2)C1. The van der Waals surface area contributed by atoms with Crippen molar-refractivity contribution in [3.05, 3.63) is 60.6 Å². The molecule has 0 atom stereocenters. The number of likely N-dealkylation sites (tertiary alicyclic amines) is 1. The van der Waals surface area contributed by atoms with E-state index in [1.807, 2.05) is 36.1 Å². The fourth-order valence-electron chi connectivity index (χ4n) is 4.85. The van der Waals surface area contributed by atoms with Gasteiger partial charge in [0.2, 0.25) is 5.91 Å². The number of nitrogens with one attached hydrogen (secondary N) is 1. The first-order valence-corrected chi connectivity index (χ1v) is 9.89. The van der Waals surface area contributed by atoms with E-state index in [1.165, 1.54) is 6.08 Å². The van der Waals surface area contributed by atoms with Gasteiger partial charge in [0.25, 0.3) is 0 Å². The molecule has 0 radical (unpaired) electrons. The van der Waals surface area contributed by atoms with Crippen LogP contribution in [0.25, 0.3) is 22.0 Å². The van der Waals surface area contributed by atoms with Gasteiger partial charge in [0, 0.05) is 48.2 Å². The first kappa shape index (κ1) is 17.9. The van der Waals surface area contributed by atoms with Gasteiger partial charge in [0.05, 0.1) is 11.7 Å². The predicted octanol–water partition coefficient (Wildman–Crippen LogP) is 3.90. The molecule has 6 heteroatoms. The van der Waals surface area contributed by atoms with Crippen LogP contribution in [-0.4, -0.2) is 47.2 Å². The average Bonchev–Trinajstić information content (AvgIpc) is 3.34. The van der Waals surface area contributed by atoms with Crippen molar-refractivity contribution in [3.8, 4) is 11.1 Å². The lowest BCUT2D eigenvalue weighted by molar-refractivity contribution is -0.136. The molecule has 0 saturated carbocycles. The lowest BCUT2D eigenvalue weighted by Gasteiger charge is -2.47. The summed E-state index contributed by atoms with van der Waals surface area (Å²) in [6.07, 6.45) is 4.18. The number of halogens is 1. The molecule has 1 spiro atoms. The number of carbonyl (C=O) groups is 1. The summed E-state index contributed by atoms with van der Waals surface area (Å²) in [7, 11) is 0. The van der Waals surface area contributed by atoms with E-state index in [0.717, 1.165) is 60.3 Å². The first-order chi connectivity index (χ1) is 14.0. The molecule has 3 aromatic rings. The lowest BCUT2D eigenvalue weighted by Crippen LogP contribution is -2.59. The molecule has 0 aliphatic carbocycles. The minimum Gasteiger partial charge on any atom is -0.371 e. The third-order valence-corrected chi connectivity index (χ3v) is 6.39. The molecule has 0 bridgehead atoms. The van der Waals surface area contributed by atoms with E-state index in [1.54, 1.807) is 12.3 Å². The number of hydrogen-bond acceptors (Lipinski definition) is 3. The summed E-state index contributed by atoms with van der Waals surface area (Å²) >= 11 is 0. The molecular weight excluding hydrogens is 367 g/mol. The Labute approximate surface area is 168 Å². The monoisotopic (exact) mass is 390 g/mol. The van der Waals surface area contributed by atoms with Crippen LogP contribution >= 0.6 is 0 Å². The van der Waals surface area contributed by atoms with Gasteiger partial charge in [-0.15, -0.1) is 0 Å². The van der Waals surface area contributed by atoms with Crippen LogP contribution in [0.15, 0.2) is 49.2 Å². The van der Waals surface area contributed by atoms with Crippen LogP contribution in [0.3, 0.4) is 0 Å². The standard InChI is InChI=1S/C23H23FN4O/c1-3-21(29)28-13-23(14-28)8-9-27(12-23)16-5-6-19(24)17(10-16)22-15(2)4-7-20-18(22)11-25-26-20/h3-7,10-11H,1,8-9,12-14H2,2H3,(H,25,26). The van der Waals surface area contributed by atoms with Crippen molar-refractivity contribution < 1.29 is 9.18 Å². The molecule has 5 nitrogen and oxygen atoms in total. The van der Waals surface area contributed by atoms with Crippen LogP contribution in [0.4, 0.5) is 10.1 Å². The maximum absolute atomic E-state index is 14.9. The largest absolute Gasteiger partial charge is 0.371 e. The highest BCUT2D eigenvalue weighted by Gasteiger charge is 2.48. The Morgan fingerprint density at radius 2 is 2.10 bits per heavy atom.